The van der Waals surface area contributed by atoms with Gasteiger partial charge < -0.3 is 9.47 Å². The van der Waals surface area contributed by atoms with Crippen LogP contribution < -0.4 is 0 Å². The first-order valence-electron chi connectivity index (χ1n) is 5.87. The molecule has 0 aliphatic carbocycles. The van der Waals surface area contributed by atoms with Crippen molar-refractivity contribution in [1.82, 2.24) is 14.5 Å². The fraction of sp³-hybridized carbons (Fsp3) is 0.667. The molecule has 1 aromatic heterocycles. The van der Waals surface area contributed by atoms with E-state index < -0.39 is 0 Å². The van der Waals surface area contributed by atoms with Crippen molar-refractivity contribution >= 4 is 5.78 Å². The Morgan fingerprint density at radius 3 is 2.62 bits per heavy atom. The molecular formula is C12H21N3O. The van der Waals surface area contributed by atoms with Gasteiger partial charge in [0.05, 0.1) is 6.42 Å². The first-order valence-corrected chi connectivity index (χ1v) is 5.87. The lowest BCUT2D eigenvalue weighted by Crippen LogP contribution is -2.26. The molecule has 1 heterocycles. The van der Waals surface area contributed by atoms with Gasteiger partial charge >= 0.3 is 0 Å². The van der Waals surface area contributed by atoms with Gasteiger partial charge in [0.1, 0.15) is 11.6 Å². The fourth-order valence-electron chi connectivity index (χ4n) is 1.65. The molecule has 90 valence electrons. The van der Waals surface area contributed by atoms with E-state index in [4.69, 9.17) is 0 Å². The summed E-state index contributed by atoms with van der Waals surface area (Å²) in [5, 5.41) is 0. The van der Waals surface area contributed by atoms with Crippen LogP contribution in [0, 0.1) is 0 Å². The molecule has 0 aliphatic rings. The van der Waals surface area contributed by atoms with Crippen molar-refractivity contribution in [3.63, 3.8) is 0 Å². The SMILES string of the molecule is CCN(CC)CCC(=O)Cc1nccn1C. The molecule has 16 heavy (non-hydrogen) atoms. The molecule has 0 fully saturated rings. The van der Waals surface area contributed by atoms with Crippen LogP contribution in [0.5, 0.6) is 0 Å². The minimum atomic E-state index is 0.265. The Morgan fingerprint density at radius 1 is 1.44 bits per heavy atom. The quantitative estimate of drug-likeness (QED) is 0.698. The molecule has 4 nitrogen and oxygen atoms in total. The molecule has 0 amide bonds. The molecule has 0 atom stereocenters. The highest BCUT2D eigenvalue weighted by atomic mass is 16.1. The molecule has 0 radical (unpaired) electrons. The predicted octanol–water partition coefficient (Wildman–Crippen LogP) is 1.26. The fourth-order valence-corrected chi connectivity index (χ4v) is 1.65. The summed E-state index contributed by atoms with van der Waals surface area (Å²) in [5.41, 5.74) is 0. The lowest BCUT2D eigenvalue weighted by atomic mass is 10.2. The van der Waals surface area contributed by atoms with Gasteiger partial charge in [-0.3, -0.25) is 4.79 Å². The summed E-state index contributed by atoms with van der Waals surface area (Å²) >= 11 is 0. The highest BCUT2D eigenvalue weighted by Gasteiger charge is 2.09. The second-order valence-electron chi connectivity index (χ2n) is 3.95. The summed E-state index contributed by atoms with van der Waals surface area (Å²) in [6.07, 6.45) is 4.67. The standard InChI is InChI=1S/C12H21N3O/c1-4-15(5-2)8-6-11(16)10-12-13-7-9-14(12)3/h7,9H,4-6,8,10H2,1-3H3. The van der Waals surface area contributed by atoms with Crippen molar-refractivity contribution < 1.29 is 4.79 Å². The van der Waals surface area contributed by atoms with Crippen LogP contribution in [-0.4, -0.2) is 39.9 Å². The van der Waals surface area contributed by atoms with Crippen LogP contribution >= 0.6 is 0 Å². The van der Waals surface area contributed by atoms with Crippen molar-refractivity contribution in [3.05, 3.63) is 18.2 Å². The Kier molecular flexibility index (Phi) is 5.19. The number of hydrogen-bond acceptors (Lipinski definition) is 3. The maximum atomic E-state index is 11.7. The number of hydrogen-bond donors (Lipinski definition) is 0. The van der Waals surface area contributed by atoms with E-state index in [1.54, 1.807) is 6.20 Å². The van der Waals surface area contributed by atoms with Gasteiger partial charge in [-0.2, -0.15) is 0 Å². The smallest absolute Gasteiger partial charge is 0.141 e. The number of rotatable bonds is 7. The monoisotopic (exact) mass is 223 g/mol. The zero-order chi connectivity index (χ0) is 12.0. The number of aryl methyl sites for hydroxylation is 1. The molecule has 1 aromatic rings. The summed E-state index contributed by atoms with van der Waals surface area (Å²) in [7, 11) is 1.92. The summed E-state index contributed by atoms with van der Waals surface area (Å²) in [6, 6.07) is 0. The van der Waals surface area contributed by atoms with Gasteiger partial charge in [0.25, 0.3) is 0 Å². The van der Waals surface area contributed by atoms with Crippen LogP contribution in [-0.2, 0) is 18.3 Å². The molecule has 0 aromatic carbocycles. The molecular weight excluding hydrogens is 202 g/mol. The van der Waals surface area contributed by atoms with E-state index in [1.165, 1.54) is 0 Å². The van der Waals surface area contributed by atoms with Crippen LogP contribution in [0.2, 0.25) is 0 Å². The van der Waals surface area contributed by atoms with E-state index in [0.29, 0.717) is 12.8 Å². The summed E-state index contributed by atoms with van der Waals surface area (Å²) < 4.78 is 1.90. The Morgan fingerprint density at radius 2 is 2.12 bits per heavy atom. The maximum absolute atomic E-state index is 11.7. The molecule has 0 saturated carbocycles. The Balaban J connectivity index is 2.34. The zero-order valence-electron chi connectivity index (χ0n) is 10.4. The first kappa shape index (κ1) is 12.9. The van der Waals surface area contributed by atoms with E-state index in [0.717, 1.165) is 25.5 Å². The number of ketones is 1. The van der Waals surface area contributed by atoms with Crippen molar-refractivity contribution in [1.29, 1.82) is 0 Å². The molecule has 0 unspecified atom stereocenters. The first-order chi connectivity index (χ1) is 7.67. The van der Waals surface area contributed by atoms with Gasteiger partial charge in [0, 0.05) is 32.4 Å². The van der Waals surface area contributed by atoms with Gasteiger partial charge in [-0.15, -0.1) is 0 Å². The number of nitrogens with zero attached hydrogens (tertiary/aromatic N) is 3. The number of carbonyl (C=O) groups is 1. The lowest BCUT2D eigenvalue weighted by molar-refractivity contribution is -0.118. The van der Waals surface area contributed by atoms with Crippen LogP contribution in [0.3, 0.4) is 0 Å². The average molecular weight is 223 g/mol. The van der Waals surface area contributed by atoms with Crippen molar-refractivity contribution in [2.75, 3.05) is 19.6 Å². The third-order valence-electron chi connectivity index (χ3n) is 2.88. The summed E-state index contributed by atoms with van der Waals surface area (Å²) in [5.74, 6) is 1.12. The molecule has 0 spiro atoms. The number of imidazole rings is 1. The third-order valence-corrected chi connectivity index (χ3v) is 2.88. The van der Waals surface area contributed by atoms with Gasteiger partial charge in [-0.25, -0.2) is 4.98 Å². The number of carbonyl (C=O) groups excluding carboxylic acids is 1. The average Bonchev–Trinajstić information content (AvgIpc) is 2.66. The second-order valence-corrected chi connectivity index (χ2v) is 3.95. The largest absolute Gasteiger partial charge is 0.338 e. The van der Waals surface area contributed by atoms with E-state index in [1.807, 2.05) is 17.8 Å². The minimum absolute atomic E-state index is 0.265. The van der Waals surface area contributed by atoms with Crippen LogP contribution in [0.15, 0.2) is 12.4 Å². The van der Waals surface area contributed by atoms with Crippen LogP contribution in [0.1, 0.15) is 26.1 Å². The van der Waals surface area contributed by atoms with Crippen molar-refractivity contribution in [2.45, 2.75) is 26.7 Å². The van der Waals surface area contributed by atoms with E-state index in [2.05, 4.69) is 23.7 Å². The van der Waals surface area contributed by atoms with Gasteiger partial charge in [-0.1, -0.05) is 13.8 Å². The highest BCUT2D eigenvalue weighted by Crippen LogP contribution is 2.00. The summed E-state index contributed by atoms with van der Waals surface area (Å²) in [4.78, 5) is 18.1. The van der Waals surface area contributed by atoms with Gasteiger partial charge in [-0.05, 0) is 13.1 Å². The zero-order valence-corrected chi connectivity index (χ0v) is 10.4. The molecule has 0 aliphatic heterocycles. The molecule has 0 N–H and O–H groups in total. The van der Waals surface area contributed by atoms with Gasteiger partial charge in [0.2, 0.25) is 0 Å². The molecule has 4 heteroatoms. The molecule has 1 rings (SSSR count). The topological polar surface area (TPSA) is 38.1 Å². The maximum Gasteiger partial charge on any atom is 0.141 e. The van der Waals surface area contributed by atoms with Crippen molar-refractivity contribution in [2.24, 2.45) is 7.05 Å². The van der Waals surface area contributed by atoms with E-state index in [-0.39, 0.29) is 5.78 Å². The van der Waals surface area contributed by atoms with Crippen molar-refractivity contribution in [3.8, 4) is 0 Å². The lowest BCUT2D eigenvalue weighted by Gasteiger charge is -2.16. The molecule has 0 saturated heterocycles. The van der Waals surface area contributed by atoms with Crippen LogP contribution in [0.4, 0.5) is 0 Å². The highest BCUT2D eigenvalue weighted by molar-refractivity contribution is 5.80. The Hall–Kier alpha value is -1.16. The third kappa shape index (κ3) is 3.77. The normalized spacial score (nSPS) is 11.0. The molecule has 0 bridgehead atoms. The Labute approximate surface area is 97.3 Å². The van der Waals surface area contributed by atoms with E-state index in [9.17, 15) is 4.79 Å². The van der Waals surface area contributed by atoms with E-state index >= 15 is 0 Å². The summed E-state index contributed by atoms with van der Waals surface area (Å²) in [6.45, 7) is 7.11. The minimum Gasteiger partial charge on any atom is -0.338 e. The predicted molar refractivity (Wildman–Crippen MR) is 64.3 cm³/mol. The van der Waals surface area contributed by atoms with Crippen LogP contribution in [0.25, 0.3) is 0 Å². The van der Waals surface area contributed by atoms with Gasteiger partial charge in [0.15, 0.2) is 0 Å². The number of Topliss-reactive ketones (excluding diaryl/α,β-unsaturated/α-hetero) is 1. The Bertz CT molecular complexity index is 329. The number of aromatic nitrogens is 2. The second kappa shape index (κ2) is 6.43.